The number of nitrogens with zero attached hydrogens (tertiary/aromatic N) is 1. The van der Waals surface area contributed by atoms with E-state index in [1.807, 2.05) is 19.9 Å². The van der Waals surface area contributed by atoms with Crippen LogP contribution in [0.2, 0.25) is 0 Å². The van der Waals surface area contributed by atoms with E-state index in [0.717, 1.165) is 0 Å². The fourth-order valence-electron chi connectivity index (χ4n) is 1.13. The number of hydrogen-bond acceptors (Lipinski definition) is 3. The number of carbonyl (C=O) groups excluding carboxylic acids is 1. The Morgan fingerprint density at radius 3 is 2.36 bits per heavy atom. The summed E-state index contributed by atoms with van der Waals surface area (Å²) in [7, 11) is 0. The predicted molar refractivity (Wildman–Crippen MR) is 54.6 cm³/mol. The summed E-state index contributed by atoms with van der Waals surface area (Å²) in [5, 5.41) is 10.3. The van der Waals surface area contributed by atoms with Gasteiger partial charge in [-0.25, -0.2) is 0 Å². The average molecular weight is 199 g/mol. The van der Waals surface area contributed by atoms with E-state index in [1.165, 1.54) is 6.92 Å². The van der Waals surface area contributed by atoms with Gasteiger partial charge in [0, 0.05) is 17.3 Å². The zero-order valence-electron chi connectivity index (χ0n) is 8.90. The maximum Gasteiger partial charge on any atom is 0.210 e. The summed E-state index contributed by atoms with van der Waals surface area (Å²) in [4.78, 5) is 20.7. The van der Waals surface area contributed by atoms with E-state index in [1.54, 1.807) is 6.08 Å². The van der Waals surface area contributed by atoms with Crippen molar-refractivity contribution in [1.29, 1.82) is 0 Å². The molecule has 0 spiro atoms. The lowest BCUT2D eigenvalue weighted by Crippen LogP contribution is -2.15. The fraction of sp³-hybridized carbons (Fsp3) is 0.700. The van der Waals surface area contributed by atoms with Crippen molar-refractivity contribution in [2.75, 3.05) is 6.54 Å². The van der Waals surface area contributed by atoms with Gasteiger partial charge in [0.05, 0.1) is 0 Å². The molecule has 0 aromatic heterocycles. The van der Waals surface area contributed by atoms with Crippen molar-refractivity contribution in [2.45, 2.75) is 27.2 Å². The van der Waals surface area contributed by atoms with Crippen molar-refractivity contribution in [2.24, 2.45) is 11.8 Å². The first-order valence-electron chi connectivity index (χ1n) is 4.71. The van der Waals surface area contributed by atoms with Gasteiger partial charge in [-0.3, -0.25) is 10.1 Å². The van der Waals surface area contributed by atoms with Gasteiger partial charge in [0.1, 0.15) is 5.78 Å². The number of carbonyl (C=O) groups is 1. The largest absolute Gasteiger partial charge is 0.300 e. The first-order valence-corrected chi connectivity index (χ1v) is 4.71. The molecule has 0 bridgehead atoms. The number of rotatable bonds is 6. The van der Waals surface area contributed by atoms with Crippen LogP contribution in [0.3, 0.4) is 0 Å². The van der Waals surface area contributed by atoms with Crippen molar-refractivity contribution < 1.29 is 9.72 Å². The molecule has 4 nitrogen and oxygen atoms in total. The van der Waals surface area contributed by atoms with Crippen LogP contribution in [0.15, 0.2) is 12.2 Å². The minimum Gasteiger partial charge on any atom is -0.300 e. The fourth-order valence-corrected chi connectivity index (χ4v) is 1.13. The summed E-state index contributed by atoms with van der Waals surface area (Å²) in [5.74, 6) is 0.0892. The molecule has 0 unspecified atom stereocenters. The third-order valence-corrected chi connectivity index (χ3v) is 1.70. The highest BCUT2D eigenvalue weighted by Crippen LogP contribution is 2.08. The summed E-state index contributed by atoms with van der Waals surface area (Å²) in [5.41, 5.74) is 0. The monoisotopic (exact) mass is 199 g/mol. The molecular formula is C10H17NO3. The summed E-state index contributed by atoms with van der Waals surface area (Å²) in [6, 6.07) is 0. The van der Waals surface area contributed by atoms with Gasteiger partial charge in [-0.05, 0) is 12.8 Å². The van der Waals surface area contributed by atoms with Crippen LogP contribution in [-0.4, -0.2) is 17.3 Å². The van der Waals surface area contributed by atoms with Gasteiger partial charge in [-0.15, -0.1) is 0 Å². The molecule has 0 heterocycles. The lowest BCUT2D eigenvalue weighted by atomic mass is 10.0. The van der Waals surface area contributed by atoms with Gasteiger partial charge in [0.15, 0.2) is 0 Å². The van der Waals surface area contributed by atoms with E-state index < -0.39 is 0 Å². The van der Waals surface area contributed by atoms with Gasteiger partial charge in [-0.2, -0.15) is 0 Å². The van der Waals surface area contributed by atoms with Crippen LogP contribution in [0, 0.1) is 22.0 Å². The maximum absolute atomic E-state index is 10.8. The Balaban J connectivity index is 4.24. The van der Waals surface area contributed by atoms with E-state index in [4.69, 9.17) is 0 Å². The summed E-state index contributed by atoms with van der Waals surface area (Å²) >= 11 is 0. The number of nitro groups is 1. The molecular weight excluding hydrogens is 182 g/mol. The highest BCUT2D eigenvalue weighted by Gasteiger charge is 2.14. The van der Waals surface area contributed by atoms with Crippen molar-refractivity contribution in [1.82, 2.24) is 0 Å². The molecule has 0 aromatic rings. The molecule has 4 heteroatoms. The van der Waals surface area contributed by atoms with Crippen LogP contribution in [0.4, 0.5) is 0 Å². The van der Waals surface area contributed by atoms with Crippen molar-refractivity contribution in [3.05, 3.63) is 22.3 Å². The van der Waals surface area contributed by atoms with Crippen molar-refractivity contribution in [3.63, 3.8) is 0 Å². The van der Waals surface area contributed by atoms with Gasteiger partial charge in [0.2, 0.25) is 6.54 Å². The molecule has 0 saturated heterocycles. The van der Waals surface area contributed by atoms with Crippen molar-refractivity contribution >= 4 is 5.78 Å². The minimum absolute atomic E-state index is 0.00902. The number of ketones is 1. The van der Waals surface area contributed by atoms with Crippen molar-refractivity contribution in [3.8, 4) is 0 Å². The van der Waals surface area contributed by atoms with E-state index >= 15 is 0 Å². The number of Topliss-reactive ketones (excluding diaryl/α,β-unsaturated/α-hetero) is 1. The van der Waals surface area contributed by atoms with Crippen LogP contribution in [-0.2, 0) is 4.79 Å². The Kier molecular flexibility index (Phi) is 5.76. The third-order valence-electron chi connectivity index (χ3n) is 1.70. The molecule has 80 valence electrons. The van der Waals surface area contributed by atoms with E-state index in [0.29, 0.717) is 5.92 Å². The molecule has 0 aromatic carbocycles. The average Bonchev–Trinajstić information content (AvgIpc) is 1.97. The summed E-state index contributed by atoms with van der Waals surface area (Å²) in [6.45, 7) is 5.28. The lowest BCUT2D eigenvalue weighted by Gasteiger charge is -2.05. The zero-order valence-corrected chi connectivity index (χ0v) is 8.90. The Hall–Kier alpha value is -1.19. The van der Waals surface area contributed by atoms with Crippen LogP contribution < -0.4 is 0 Å². The molecule has 0 saturated carbocycles. The maximum atomic E-state index is 10.8. The molecule has 14 heavy (non-hydrogen) atoms. The predicted octanol–water partition coefficient (Wildman–Crippen LogP) is 2.07. The third kappa shape index (κ3) is 7.46. The Morgan fingerprint density at radius 2 is 2.00 bits per heavy atom. The van der Waals surface area contributed by atoms with E-state index in [-0.39, 0.29) is 29.6 Å². The second-order valence-corrected chi connectivity index (χ2v) is 3.81. The second kappa shape index (κ2) is 6.29. The van der Waals surface area contributed by atoms with Gasteiger partial charge in [-0.1, -0.05) is 26.0 Å². The normalized spacial score (nSPS) is 13.4. The lowest BCUT2D eigenvalue weighted by molar-refractivity contribution is -0.485. The number of hydrogen-bond donors (Lipinski definition) is 0. The molecule has 0 amide bonds. The molecule has 0 N–H and O–H groups in total. The van der Waals surface area contributed by atoms with Gasteiger partial charge >= 0.3 is 0 Å². The molecule has 0 aliphatic heterocycles. The van der Waals surface area contributed by atoms with E-state index in [2.05, 4.69) is 0 Å². The number of allylic oxidation sites excluding steroid dienone is 1. The standard InChI is InChI=1S/C10H17NO3/c1-8(2)4-5-10(6-9(3)12)7-11(13)14/h4-5,8,10H,6-7H2,1-3H3/b5-4+/t10-/m0/s1. The zero-order chi connectivity index (χ0) is 11.1. The van der Waals surface area contributed by atoms with Crippen LogP contribution >= 0.6 is 0 Å². The second-order valence-electron chi connectivity index (χ2n) is 3.81. The van der Waals surface area contributed by atoms with E-state index in [9.17, 15) is 14.9 Å². The summed E-state index contributed by atoms with van der Waals surface area (Å²) in [6.07, 6.45) is 3.93. The van der Waals surface area contributed by atoms with Crippen LogP contribution in [0.1, 0.15) is 27.2 Å². The molecule has 0 fully saturated rings. The Bertz CT molecular complexity index is 218. The smallest absolute Gasteiger partial charge is 0.210 e. The van der Waals surface area contributed by atoms with Gasteiger partial charge in [0.25, 0.3) is 0 Å². The topological polar surface area (TPSA) is 60.2 Å². The Morgan fingerprint density at radius 1 is 1.43 bits per heavy atom. The highest BCUT2D eigenvalue weighted by atomic mass is 16.6. The molecule has 0 aliphatic carbocycles. The summed E-state index contributed by atoms with van der Waals surface area (Å²) < 4.78 is 0. The first kappa shape index (κ1) is 12.8. The van der Waals surface area contributed by atoms with Crippen LogP contribution in [0.25, 0.3) is 0 Å². The van der Waals surface area contributed by atoms with Crippen LogP contribution in [0.5, 0.6) is 0 Å². The highest BCUT2D eigenvalue weighted by molar-refractivity contribution is 5.75. The molecule has 1 atom stereocenters. The van der Waals surface area contributed by atoms with Gasteiger partial charge < -0.3 is 4.79 Å². The Labute approximate surface area is 84.1 Å². The molecule has 0 aliphatic rings. The minimum atomic E-state index is -0.377. The molecule has 0 radical (unpaired) electrons. The molecule has 0 rings (SSSR count). The quantitative estimate of drug-likeness (QED) is 0.374. The first-order chi connectivity index (χ1) is 6.41. The SMILES string of the molecule is CC(=O)C[C@H](/C=C/C(C)C)C[N+](=O)[O-].